The summed E-state index contributed by atoms with van der Waals surface area (Å²) in [7, 11) is 0. The Bertz CT molecular complexity index is 75.0. The van der Waals surface area contributed by atoms with Gasteiger partial charge < -0.3 is 10.2 Å². The van der Waals surface area contributed by atoms with Crippen molar-refractivity contribution in [3.63, 3.8) is 0 Å². The molecule has 1 unspecified atom stereocenters. The fourth-order valence-electron chi connectivity index (χ4n) is 0.539. The lowest BCUT2D eigenvalue weighted by molar-refractivity contribution is 0.00405. The third-order valence-corrected chi connectivity index (χ3v) is 2.18. The summed E-state index contributed by atoms with van der Waals surface area (Å²) < 4.78 is 0. The summed E-state index contributed by atoms with van der Waals surface area (Å²) in [5, 5.41) is 17.9. The molecule has 0 saturated heterocycles. The van der Waals surface area contributed by atoms with Crippen molar-refractivity contribution >= 4 is 0 Å². The van der Waals surface area contributed by atoms with Crippen LogP contribution in [0, 0.1) is 5.41 Å². The molecule has 0 aromatic carbocycles. The first-order valence-electron chi connectivity index (χ1n) is 3.35. The Kier molecular flexibility index (Phi) is 3.15. The minimum atomic E-state index is -0.424. The molecule has 2 heteroatoms. The van der Waals surface area contributed by atoms with Crippen LogP contribution in [0.1, 0.15) is 27.2 Å². The van der Waals surface area contributed by atoms with Crippen molar-refractivity contribution in [1.29, 1.82) is 0 Å². The van der Waals surface area contributed by atoms with E-state index in [9.17, 15) is 0 Å². The molecule has 0 aromatic heterocycles. The molecule has 2 N–H and O–H groups in total. The van der Waals surface area contributed by atoms with Crippen LogP contribution in [0.2, 0.25) is 0 Å². The molecule has 0 rings (SSSR count). The van der Waals surface area contributed by atoms with E-state index >= 15 is 0 Å². The summed E-state index contributed by atoms with van der Waals surface area (Å²) >= 11 is 0. The van der Waals surface area contributed by atoms with Crippen molar-refractivity contribution in [3.8, 4) is 0 Å². The first-order valence-corrected chi connectivity index (χ1v) is 3.35. The number of aliphatic hydroxyl groups is 2. The molecule has 2 nitrogen and oxygen atoms in total. The Morgan fingerprint density at radius 1 is 1.56 bits per heavy atom. The Labute approximate surface area is 56.5 Å². The number of rotatable bonds is 3. The van der Waals surface area contributed by atoms with Gasteiger partial charge in [-0.15, -0.1) is 0 Å². The summed E-state index contributed by atoms with van der Waals surface area (Å²) in [4.78, 5) is 0. The van der Waals surface area contributed by atoms with Crippen LogP contribution >= 0.6 is 0 Å². The molecule has 2 atom stereocenters. The van der Waals surface area contributed by atoms with Gasteiger partial charge in [0.25, 0.3) is 0 Å². The van der Waals surface area contributed by atoms with Crippen LogP contribution in [0.5, 0.6) is 0 Å². The Morgan fingerprint density at radius 3 is 2.00 bits per heavy atom. The molecular weight excluding hydrogens is 116 g/mol. The van der Waals surface area contributed by atoms with Gasteiger partial charge in [-0.05, 0) is 13.3 Å². The van der Waals surface area contributed by atoms with Gasteiger partial charge in [-0.1, -0.05) is 13.8 Å². The number of aliphatic hydroxyl groups excluding tert-OH is 2. The molecule has 0 fully saturated rings. The monoisotopic (exact) mass is 132 g/mol. The zero-order chi connectivity index (χ0) is 7.49. The summed E-state index contributed by atoms with van der Waals surface area (Å²) in [5.41, 5.74) is -0.306. The second-order valence-electron chi connectivity index (χ2n) is 2.84. The quantitative estimate of drug-likeness (QED) is 0.595. The largest absolute Gasteiger partial charge is 0.396 e. The molecule has 0 aliphatic rings. The Hall–Kier alpha value is -0.0800. The molecule has 0 spiro atoms. The van der Waals surface area contributed by atoms with E-state index in [4.69, 9.17) is 10.2 Å². The maximum absolute atomic E-state index is 9.11. The lowest BCUT2D eigenvalue weighted by Crippen LogP contribution is -2.32. The molecule has 0 radical (unpaired) electrons. The van der Waals surface area contributed by atoms with Crippen LogP contribution in [-0.4, -0.2) is 22.9 Å². The van der Waals surface area contributed by atoms with E-state index < -0.39 is 6.10 Å². The SMILES string of the molecule is CC[C@@](C)(CO)C(C)O. The number of hydrogen-bond acceptors (Lipinski definition) is 2. The Balaban J connectivity index is 3.92. The lowest BCUT2D eigenvalue weighted by Gasteiger charge is -2.28. The van der Waals surface area contributed by atoms with Crippen molar-refractivity contribution < 1.29 is 10.2 Å². The van der Waals surface area contributed by atoms with Crippen LogP contribution in [0.4, 0.5) is 0 Å². The molecular formula is C7H16O2. The smallest absolute Gasteiger partial charge is 0.0587 e. The topological polar surface area (TPSA) is 40.5 Å². The van der Waals surface area contributed by atoms with Gasteiger partial charge in [0.05, 0.1) is 12.7 Å². The minimum Gasteiger partial charge on any atom is -0.396 e. The molecule has 9 heavy (non-hydrogen) atoms. The van der Waals surface area contributed by atoms with Gasteiger partial charge in [0.15, 0.2) is 0 Å². The van der Waals surface area contributed by atoms with Crippen LogP contribution in [0.25, 0.3) is 0 Å². The normalized spacial score (nSPS) is 21.0. The number of hydrogen-bond donors (Lipinski definition) is 2. The molecule has 0 aromatic rings. The van der Waals surface area contributed by atoms with Crippen molar-refractivity contribution in [1.82, 2.24) is 0 Å². The van der Waals surface area contributed by atoms with Crippen molar-refractivity contribution in [2.24, 2.45) is 5.41 Å². The summed E-state index contributed by atoms with van der Waals surface area (Å²) in [6, 6.07) is 0. The van der Waals surface area contributed by atoms with Crippen LogP contribution in [0.15, 0.2) is 0 Å². The summed E-state index contributed by atoms with van der Waals surface area (Å²) in [6.07, 6.45) is 0.383. The fraction of sp³-hybridized carbons (Fsp3) is 1.00. The van der Waals surface area contributed by atoms with Crippen LogP contribution in [0.3, 0.4) is 0 Å². The van der Waals surface area contributed by atoms with Gasteiger partial charge in [0.2, 0.25) is 0 Å². The molecule has 0 heterocycles. The third-order valence-electron chi connectivity index (χ3n) is 2.18. The second-order valence-corrected chi connectivity index (χ2v) is 2.84. The van der Waals surface area contributed by atoms with E-state index in [-0.39, 0.29) is 12.0 Å². The highest BCUT2D eigenvalue weighted by Crippen LogP contribution is 2.24. The minimum absolute atomic E-state index is 0.0567. The third kappa shape index (κ3) is 1.95. The molecule has 0 amide bonds. The average molecular weight is 132 g/mol. The summed E-state index contributed by atoms with van der Waals surface area (Å²) in [5.74, 6) is 0. The maximum atomic E-state index is 9.11. The maximum Gasteiger partial charge on any atom is 0.0587 e. The Morgan fingerprint density at radius 2 is 2.00 bits per heavy atom. The summed E-state index contributed by atoms with van der Waals surface area (Å²) in [6.45, 7) is 5.60. The van der Waals surface area contributed by atoms with E-state index in [0.29, 0.717) is 0 Å². The van der Waals surface area contributed by atoms with Gasteiger partial charge in [-0.25, -0.2) is 0 Å². The molecule has 0 aliphatic carbocycles. The van der Waals surface area contributed by atoms with E-state index in [1.165, 1.54) is 0 Å². The molecule has 0 saturated carbocycles. The van der Waals surface area contributed by atoms with E-state index in [1.54, 1.807) is 6.92 Å². The highest BCUT2D eigenvalue weighted by atomic mass is 16.3. The highest BCUT2D eigenvalue weighted by molar-refractivity contribution is 4.76. The van der Waals surface area contributed by atoms with Crippen LogP contribution in [-0.2, 0) is 0 Å². The van der Waals surface area contributed by atoms with Crippen molar-refractivity contribution in [2.75, 3.05) is 6.61 Å². The highest BCUT2D eigenvalue weighted by Gasteiger charge is 2.26. The standard InChI is InChI=1S/C7H16O2/c1-4-7(3,5-8)6(2)9/h6,8-9H,4-5H2,1-3H3/t6?,7-/m0/s1. The van der Waals surface area contributed by atoms with Gasteiger partial charge in [0.1, 0.15) is 0 Å². The van der Waals surface area contributed by atoms with Gasteiger partial charge in [-0.3, -0.25) is 0 Å². The molecule has 56 valence electrons. The van der Waals surface area contributed by atoms with Gasteiger partial charge >= 0.3 is 0 Å². The van der Waals surface area contributed by atoms with Gasteiger partial charge in [-0.2, -0.15) is 0 Å². The zero-order valence-corrected chi connectivity index (χ0v) is 6.39. The predicted molar refractivity (Wildman–Crippen MR) is 37.2 cm³/mol. The average Bonchev–Trinajstić information content (AvgIpc) is 1.86. The fourth-order valence-corrected chi connectivity index (χ4v) is 0.539. The van der Waals surface area contributed by atoms with Crippen LogP contribution < -0.4 is 0 Å². The zero-order valence-electron chi connectivity index (χ0n) is 6.39. The van der Waals surface area contributed by atoms with Gasteiger partial charge in [0, 0.05) is 5.41 Å². The first-order chi connectivity index (χ1) is 4.06. The van der Waals surface area contributed by atoms with E-state index in [0.717, 1.165) is 6.42 Å². The first kappa shape index (κ1) is 8.92. The predicted octanol–water partition coefficient (Wildman–Crippen LogP) is 0.776. The molecule has 0 aliphatic heterocycles. The van der Waals surface area contributed by atoms with Crippen molar-refractivity contribution in [2.45, 2.75) is 33.3 Å². The molecule has 0 bridgehead atoms. The van der Waals surface area contributed by atoms with E-state index in [1.807, 2.05) is 13.8 Å². The lowest BCUT2D eigenvalue weighted by atomic mass is 9.83. The second kappa shape index (κ2) is 3.18. The van der Waals surface area contributed by atoms with Crippen molar-refractivity contribution in [3.05, 3.63) is 0 Å². The van der Waals surface area contributed by atoms with E-state index in [2.05, 4.69) is 0 Å².